The monoisotopic (exact) mass is 782 g/mol. The van der Waals surface area contributed by atoms with E-state index in [1.807, 2.05) is 12.3 Å². The number of nitrogens with zero attached hydrogens (tertiary/aromatic N) is 4. The molecule has 7 aromatic carbocycles. The Bertz CT molecular complexity index is 2860. The van der Waals surface area contributed by atoms with Crippen LogP contribution in [0.15, 0.2) is 164 Å². The van der Waals surface area contributed by atoms with Crippen molar-refractivity contribution >= 4 is 66.7 Å². The van der Waals surface area contributed by atoms with Gasteiger partial charge in [-0.15, -0.1) is 0 Å². The number of hydrogen-bond acceptors (Lipinski definition) is 4. The lowest BCUT2D eigenvalue weighted by molar-refractivity contribution is 0.494. The molecule has 2 aromatic heterocycles. The maximum absolute atomic E-state index is 5.45. The average Bonchev–Trinajstić information content (AvgIpc) is 3.28. The van der Waals surface area contributed by atoms with E-state index in [4.69, 9.17) is 9.97 Å². The highest BCUT2D eigenvalue weighted by atomic mass is 15.2. The van der Waals surface area contributed by atoms with Crippen molar-refractivity contribution in [1.29, 1.82) is 0 Å². The van der Waals surface area contributed by atoms with Crippen molar-refractivity contribution in [3.8, 4) is 0 Å². The van der Waals surface area contributed by atoms with Crippen LogP contribution in [-0.2, 0) is 11.8 Å². The lowest BCUT2D eigenvalue weighted by atomic mass is 9.76. The van der Waals surface area contributed by atoms with E-state index in [2.05, 4.69) is 203 Å². The fraction of sp³-hybridized carbons (Fsp3) is 0.214. The number of benzene rings is 7. The fourth-order valence-electron chi connectivity index (χ4n) is 8.86. The van der Waals surface area contributed by atoms with Crippen LogP contribution in [0.25, 0.3) is 32.3 Å². The number of aromatic nitrogens is 2. The molecule has 0 fully saturated rings. The molecular weight excluding hydrogens is 729 g/mol. The van der Waals surface area contributed by atoms with Gasteiger partial charge in [0.05, 0.1) is 11.4 Å². The lowest BCUT2D eigenvalue weighted by Gasteiger charge is -2.32. The van der Waals surface area contributed by atoms with Crippen LogP contribution in [0.2, 0.25) is 0 Å². The number of hydrogen-bond donors (Lipinski definition) is 0. The van der Waals surface area contributed by atoms with E-state index in [0.717, 1.165) is 52.9 Å². The maximum Gasteiger partial charge on any atom is 0.137 e. The molecular formula is C56H54N4. The van der Waals surface area contributed by atoms with E-state index in [9.17, 15) is 0 Å². The lowest BCUT2D eigenvalue weighted by Crippen LogP contribution is -2.19. The van der Waals surface area contributed by atoms with E-state index in [1.165, 1.54) is 67.4 Å². The Morgan fingerprint density at radius 2 is 1.15 bits per heavy atom. The molecule has 9 rings (SSSR count). The molecule has 0 N–H and O–H groups in total. The normalized spacial score (nSPS) is 12.4. The zero-order valence-electron chi connectivity index (χ0n) is 35.8. The minimum absolute atomic E-state index is 0.184. The van der Waals surface area contributed by atoms with Crippen LogP contribution in [0.4, 0.5) is 34.4 Å². The second-order valence-electron chi connectivity index (χ2n) is 17.2. The first kappa shape index (κ1) is 39.0. The Morgan fingerprint density at radius 3 is 1.73 bits per heavy atom. The first-order valence-electron chi connectivity index (χ1n) is 21.6. The van der Waals surface area contributed by atoms with E-state index >= 15 is 0 Å². The predicted molar refractivity (Wildman–Crippen MR) is 256 cm³/mol. The van der Waals surface area contributed by atoms with Gasteiger partial charge in [0, 0.05) is 44.8 Å². The maximum atomic E-state index is 5.45. The second kappa shape index (κ2) is 16.3. The molecule has 4 nitrogen and oxygen atoms in total. The molecule has 0 amide bonds. The Hall–Kier alpha value is -6.52. The summed E-state index contributed by atoms with van der Waals surface area (Å²) in [5.41, 5.74) is 10.2. The molecule has 0 spiro atoms. The summed E-state index contributed by atoms with van der Waals surface area (Å²) in [6, 6.07) is 57.8. The van der Waals surface area contributed by atoms with Crippen LogP contribution in [0.5, 0.6) is 0 Å². The van der Waals surface area contributed by atoms with Crippen LogP contribution >= 0.6 is 0 Å². The second-order valence-corrected chi connectivity index (χ2v) is 17.2. The van der Waals surface area contributed by atoms with Crippen LogP contribution in [0.3, 0.4) is 0 Å². The Morgan fingerprint density at radius 1 is 0.567 bits per heavy atom. The van der Waals surface area contributed by atoms with E-state index in [-0.39, 0.29) is 5.41 Å². The Labute approximate surface area is 355 Å². The molecule has 9 aromatic rings. The third-order valence-corrected chi connectivity index (χ3v) is 12.7. The summed E-state index contributed by atoms with van der Waals surface area (Å²) in [6.45, 7) is 13.6. The highest BCUT2D eigenvalue weighted by molar-refractivity contribution is 6.29. The molecule has 60 heavy (non-hydrogen) atoms. The minimum atomic E-state index is -0.184. The summed E-state index contributed by atoms with van der Waals surface area (Å²) in [5.74, 6) is 2.48. The van der Waals surface area contributed by atoms with Crippen molar-refractivity contribution < 1.29 is 0 Å². The van der Waals surface area contributed by atoms with Gasteiger partial charge in [0.25, 0.3) is 0 Å². The Balaban J connectivity index is 1.34. The first-order valence-corrected chi connectivity index (χ1v) is 21.6. The topological polar surface area (TPSA) is 32.3 Å². The summed E-state index contributed by atoms with van der Waals surface area (Å²) < 4.78 is 0. The average molecular weight is 783 g/mol. The molecule has 0 aliphatic rings. The van der Waals surface area contributed by atoms with Crippen LogP contribution in [-0.4, -0.2) is 9.97 Å². The van der Waals surface area contributed by atoms with Gasteiger partial charge in [0.2, 0.25) is 0 Å². The molecule has 298 valence electrons. The molecule has 1 atom stereocenters. The van der Waals surface area contributed by atoms with Gasteiger partial charge in [-0.1, -0.05) is 155 Å². The fourth-order valence-corrected chi connectivity index (χ4v) is 8.86. The minimum Gasteiger partial charge on any atom is -0.294 e. The molecule has 1 unspecified atom stereocenters. The van der Waals surface area contributed by atoms with Gasteiger partial charge in [0.1, 0.15) is 11.6 Å². The Kier molecular flexibility index (Phi) is 10.6. The van der Waals surface area contributed by atoms with Crippen molar-refractivity contribution in [1.82, 2.24) is 9.97 Å². The van der Waals surface area contributed by atoms with Crippen molar-refractivity contribution in [2.75, 3.05) is 9.80 Å². The van der Waals surface area contributed by atoms with E-state index in [1.54, 1.807) is 0 Å². The summed E-state index contributed by atoms with van der Waals surface area (Å²) in [6.07, 6.45) is 6.37. The van der Waals surface area contributed by atoms with Crippen molar-refractivity contribution in [3.63, 3.8) is 0 Å². The van der Waals surface area contributed by atoms with Gasteiger partial charge >= 0.3 is 0 Å². The molecule has 0 saturated carbocycles. The summed E-state index contributed by atoms with van der Waals surface area (Å²) in [4.78, 5) is 15.1. The van der Waals surface area contributed by atoms with Gasteiger partial charge in [-0.25, -0.2) is 9.97 Å². The summed E-state index contributed by atoms with van der Waals surface area (Å²) in [7, 11) is 0. The van der Waals surface area contributed by atoms with Gasteiger partial charge in [-0.2, -0.15) is 0 Å². The summed E-state index contributed by atoms with van der Waals surface area (Å²) >= 11 is 0. The summed E-state index contributed by atoms with van der Waals surface area (Å²) in [5, 5.41) is 7.31. The van der Waals surface area contributed by atoms with Crippen LogP contribution < -0.4 is 9.80 Å². The quantitative estimate of drug-likeness (QED) is 0.109. The number of rotatable bonds is 13. The number of aryl methyl sites for hydroxylation is 3. The molecule has 0 bridgehead atoms. The molecule has 0 aliphatic heterocycles. The first-order chi connectivity index (χ1) is 29.2. The van der Waals surface area contributed by atoms with Gasteiger partial charge in [0.15, 0.2) is 0 Å². The third kappa shape index (κ3) is 7.36. The molecule has 2 heterocycles. The zero-order chi connectivity index (χ0) is 41.4. The molecule has 0 radical (unpaired) electrons. The molecule has 0 aliphatic carbocycles. The highest BCUT2D eigenvalue weighted by Gasteiger charge is 2.28. The zero-order valence-corrected chi connectivity index (χ0v) is 35.8. The van der Waals surface area contributed by atoms with Gasteiger partial charge in [-0.3, -0.25) is 9.80 Å². The van der Waals surface area contributed by atoms with E-state index < -0.39 is 0 Å². The van der Waals surface area contributed by atoms with Crippen LogP contribution in [0.1, 0.15) is 74.9 Å². The third-order valence-electron chi connectivity index (χ3n) is 12.7. The van der Waals surface area contributed by atoms with E-state index in [0.29, 0.717) is 5.92 Å². The largest absolute Gasteiger partial charge is 0.294 e. The smallest absolute Gasteiger partial charge is 0.137 e. The van der Waals surface area contributed by atoms with Crippen molar-refractivity contribution in [2.24, 2.45) is 5.92 Å². The standard InChI is InChI=1S/C56H54N4/c1-7-38(2)15-13-18-45-19-14-21-53(58-45)60(47-30-24-40(4)25-31-47)51-37-50(59(52-20-11-12-34-57-52)46-28-22-39(3)23-29-46)48-32-26-41-35-44(56(5,6)43-16-9-8-10-17-43)36-42-27-33-49(51)55(48)54(41)42/h8-12,14,16-17,19-38H,7,13,15,18H2,1-6H3. The molecule has 0 saturated heterocycles. The predicted octanol–water partition coefficient (Wildman–Crippen LogP) is 15.6. The number of pyridine rings is 2. The van der Waals surface area contributed by atoms with Crippen molar-refractivity contribution in [2.45, 2.75) is 72.6 Å². The highest BCUT2D eigenvalue weighted by Crippen LogP contribution is 2.50. The van der Waals surface area contributed by atoms with Gasteiger partial charge < -0.3 is 0 Å². The SMILES string of the molecule is CCC(C)CCCc1cccc(N(c2ccc(C)cc2)c2cc(N(c3ccc(C)cc3)c3ccccn3)c3ccc4cc(C(C)(C)c5ccccc5)cc5ccc2c3c45)n1. The van der Waals surface area contributed by atoms with Crippen LogP contribution in [0, 0.1) is 19.8 Å². The number of anilines is 6. The van der Waals surface area contributed by atoms with Gasteiger partial charge in [-0.05, 0) is 114 Å². The van der Waals surface area contributed by atoms with Crippen molar-refractivity contribution in [3.05, 3.63) is 192 Å². The molecule has 4 heteroatoms.